The molecule has 22 heavy (non-hydrogen) atoms. The van der Waals surface area contributed by atoms with Crippen LogP contribution < -0.4 is 10.6 Å². The highest BCUT2D eigenvalue weighted by molar-refractivity contribution is 7.71. The number of nitrogens with one attached hydrogen (secondary N) is 3. The number of hydrogen-bond donors (Lipinski definition) is 3. The molecule has 2 amide bonds. The first-order chi connectivity index (χ1) is 10.6. The zero-order chi connectivity index (χ0) is 15.5. The number of carbonyl (C=O) groups is 1. The molecule has 0 saturated heterocycles. The van der Waals surface area contributed by atoms with Crippen LogP contribution in [0.5, 0.6) is 0 Å². The summed E-state index contributed by atoms with van der Waals surface area (Å²) in [4.78, 5) is 12.1. The Bertz CT molecular complexity index is 749. The highest BCUT2D eigenvalue weighted by atomic mass is 32.1. The zero-order valence-corrected chi connectivity index (χ0v) is 13.3. The third kappa shape index (κ3) is 3.04. The van der Waals surface area contributed by atoms with Crippen LogP contribution in [0.25, 0.3) is 0 Å². The third-order valence-electron chi connectivity index (χ3n) is 4.02. The zero-order valence-electron chi connectivity index (χ0n) is 12.5. The number of fused-ring (bicyclic) bond motifs is 1. The summed E-state index contributed by atoms with van der Waals surface area (Å²) in [7, 11) is 1.81. The van der Waals surface area contributed by atoms with Crippen LogP contribution in [-0.2, 0) is 26.4 Å². The smallest absolute Gasteiger partial charge is 0.319 e. The number of amides is 2. The van der Waals surface area contributed by atoms with E-state index >= 15 is 0 Å². The Hall–Kier alpha value is -2.15. The van der Waals surface area contributed by atoms with Crippen LogP contribution >= 0.6 is 12.2 Å². The van der Waals surface area contributed by atoms with E-state index in [1.807, 2.05) is 19.2 Å². The van der Waals surface area contributed by atoms with Gasteiger partial charge in [0.25, 0.3) is 0 Å². The summed E-state index contributed by atoms with van der Waals surface area (Å²) in [5.41, 5.74) is 3.52. The third-order valence-corrected chi connectivity index (χ3v) is 4.39. The lowest BCUT2D eigenvalue weighted by atomic mass is 9.90. The van der Waals surface area contributed by atoms with Gasteiger partial charge in [-0.15, -0.1) is 0 Å². The Kier molecular flexibility index (Phi) is 4.24. The monoisotopic (exact) mass is 317 g/mol. The predicted molar refractivity (Wildman–Crippen MR) is 87.3 cm³/mol. The Morgan fingerprint density at radius 3 is 3.00 bits per heavy atom. The van der Waals surface area contributed by atoms with Crippen LogP contribution in [0.1, 0.15) is 29.8 Å². The molecule has 1 aromatic carbocycles. The van der Waals surface area contributed by atoms with Gasteiger partial charge in [-0.05, 0) is 55.1 Å². The lowest BCUT2D eigenvalue weighted by Gasteiger charge is -2.19. The lowest BCUT2D eigenvalue weighted by Crippen LogP contribution is -2.30. The molecule has 2 aromatic rings. The van der Waals surface area contributed by atoms with Gasteiger partial charge in [-0.3, -0.25) is 5.10 Å². The maximum Gasteiger partial charge on any atom is 0.319 e. The van der Waals surface area contributed by atoms with Crippen molar-refractivity contribution < 1.29 is 4.79 Å². The van der Waals surface area contributed by atoms with E-state index in [1.54, 1.807) is 4.57 Å². The molecule has 0 saturated carbocycles. The maximum atomic E-state index is 12.1. The van der Waals surface area contributed by atoms with E-state index in [1.165, 1.54) is 24.0 Å². The predicted octanol–water partition coefficient (Wildman–Crippen LogP) is 2.68. The van der Waals surface area contributed by atoms with Crippen LogP contribution in [0.4, 0.5) is 10.5 Å². The molecule has 0 bridgehead atoms. The Labute approximate surface area is 133 Å². The van der Waals surface area contributed by atoms with E-state index < -0.39 is 0 Å². The summed E-state index contributed by atoms with van der Waals surface area (Å²) in [6, 6.07) is 5.87. The molecule has 1 aliphatic rings. The molecular weight excluding hydrogens is 298 g/mol. The minimum Gasteiger partial charge on any atom is -0.331 e. The van der Waals surface area contributed by atoms with Gasteiger partial charge >= 0.3 is 6.03 Å². The van der Waals surface area contributed by atoms with Gasteiger partial charge in [-0.25, -0.2) is 4.79 Å². The first-order valence-electron chi connectivity index (χ1n) is 7.41. The SMILES string of the molecule is Cn1c(CNC(=O)Nc2cccc3c2CCCC3)n[nH]c1=S. The summed E-state index contributed by atoms with van der Waals surface area (Å²) >= 11 is 5.04. The van der Waals surface area contributed by atoms with Gasteiger partial charge in [0.05, 0.1) is 6.54 Å². The molecule has 3 rings (SSSR count). The number of aryl methyl sites for hydroxylation is 1. The molecule has 116 valence electrons. The highest BCUT2D eigenvalue weighted by Gasteiger charge is 2.14. The van der Waals surface area contributed by atoms with Crippen molar-refractivity contribution in [2.75, 3.05) is 5.32 Å². The highest BCUT2D eigenvalue weighted by Crippen LogP contribution is 2.27. The van der Waals surface area contributed by atoms with Crippen molar-refractivity contribution in [3.63, 3.8) is 0 Å². The number of benzene rings is 1. The molecule has 0 fully saturated rings. The van der Waals surface area contributed by atoms with Crippen molar-refractivity contribution >= 4 is 23.9 Å². The molecule has 1 aliphatic carbocycles. The van der Waals surface area contributed by atoms with Crippen molar-refractivity contribution in [2.45, 2.75) is 32.2 Å². The van der Waals surface area contributed by atoms with Gasteiger partial charge in [0.2, 0.25) is 0 Å². The molecule has 7 heteroatoms. The van der Waals surface area contributed by atoms with Crippen LogP contribution in [0.3, 0.4) is 0 Å². The summed E-state index contributed by atoms with van der Waals surface area (Å²) in [5.74, 6) is 0.690. The molecule has 0 radical (unpaired) electrons. The first-order valence-corrected chi connectivity index (χ1v) is 7.82. The van der Waals surface area contributed by atoms with Crippen molar-refractivity contribution in [3.8, 4) is 0 Å². The van der Waals surface area contributed by atoms with Crippen LogP contribution in [-0.4, -0.2) is 20.8 Å². The second kappa shape index (κ2) is 6.31. The average molecular weight is 317 g/mol. The van der Waals surface area contributed by atoms with Gasteiger partial charge in [0.1, 0.15) is 0 Å². The van der Waals surface area contributed by atoms with Gasteiger partial charge < -0.3 is 15.2 Å². The fourth-order valence-corrected chi connectivity index (χ4v) is 2.91. The van der Waals surface area contributed by atoms with Crippen LogP contribution in [0.15, 0.2) is 18.2 Å². The molecule has 0 spiro atoms. The van der Waals surface area contributed by atoms with Gasteiger partial charge in [0.15, 0.2) is 10.6 Å². The largest absolute Gasteiger partial charge is 0.331 e. The first kappa shape index (κ1) is 14.8. The average Bonchev–Trinajstić information content (AvgIpc) is 2.85. The minimum atomic E-state index is -0.229. The van der Waals surface area contributed by atoms with E-state index in [9.17, 15) is 4.79 Å². The van der Waals surface area contributed by atoms with E-state index in [2.05, 4.69) is 26.9 Å². The van der Waals surface area contributed by atoms with E-state index in [-0.39, 0.29) is 6.03 Å². The van der Waals surface area contributed by atoms with Crippen LogP contribution in [0, 0.1) is 4.77 Å². The minimum absolute atomic E-state index is 0.229. The van der Waals surface area contributed by atoms with Gasteiger partial charge in [-0.2, -0.15) is 5.10 Å². The van der Waals surface area contributed by atoms with Crippen molar-refractivity contribution in [3.05, 3.63) is 39.9 Å². The number of anilines is 1. The number of hydrogen-bond acceptors (Lipinski definition) is 3. The number of nitrogens with zero attached hydrogens (tertiary/aromatic N) is 2. The fraction of sp³-hybridized carbons (Fsp3) is 0.400. The number of H-pyrrole nitrogens is 1. The Morgan fingerprint density at radius 1 is 1.41 bits per heavy atom. The normalized spacial score (nSPS) is 13.5. The van der Waals surface area contributed by atoms with Gasteiger partial charge in [-0.1, -0.05) is 12.1 Å². The molecular formula is C15H19N5OS. The Balaban J connectivity index is 1.65. The molecule has 0 aliphatic heterocycles. The van der Waals surface area contributed by atoms with E-state index in [4.69, 9.17) is 12.2 Å². The number of rotatable bonds is 3. The van der Waals surface area contributed by atoms with Crippen molar-refractivity contribution in [1.29, 1.82) is 0 Å². The maximum absolute atomic E-state index is 12.1. The molecule has 3 N–H and O–H groups in total. The second-order valence-electron chi connectivity index (χ2n) is 5.46. The standard InChI is InChI=1S/C15H19N5OS/c1-20-13(18-19-15(20)22)9-16-14(21)17-12-8-4-6-10-5-2-3-7-11(10)12/h4,6,8H,2-3,5,7,9H2,1H3,(H,19,22)(H2,16,17,21). The van der Waals surface area contributed by atoms with Crippen molar-refractivity contribution in [1.82, 2.24) is 20.1 Å². The molecule has 0 atom stereocenters. The van der Waals surface area contributed by atoms with E-state index in [0.29, 0.717) is 17.1 Å². The number of aromatic nitrogens is 3. The topological polar surface area (TPSA) is 74.7 Å². The summed E-state index contributed by atoms with van der Waals surface area (Å²) < 4.78 is 2.27. The molecule has 0 unspecified atom stereocenters. The van der Waals surface area contributed by atoms with Crippen LogP contribution in [0.2, 0.25) is 0 Å². The molecule has 6 nitrogen and oxygen atoms in total. The lowest BCUT2D eigenvalue weighted by molar-refractivity contribution is 0.251. The summed E-state index contributed by atoms with van der Waals surface area (Å²) in [6.07, 6.45) is 4.52. The second-order valence-corrected chi connectivity index (χ2v) is 5.85. The summed E-state index contributed by atoms with van der Waals surface area (Å²) in [5, 5.41) is 12.5. The Morgan fingerprint density at radius 2 is 2.23 bits per heavy atom. The van der Waals surface area contributed by atoms with Gasteiger partial charge in [0, 0.05) is 12.7 Å². The van der Waals surface area contributed by atoms with Crippen molar-refractivity contribution in [2.24, 2.45) is 7.05 Å². The fourth-order valence-electron chi connectivity index (χ4n) is 2.76. The quantitative estimate of drug-likeness (QED) is 0.762. The number of urea groups is 1. The number of carbonyl (C=O) groups excluding carboxylic acids is 1. The molecule has 1 aromatic heterocycles. The number of aromatic amines is 1. The summed E-state index contributed by atoms with van der Waals surface area (Å²) in [6.45, 7) is 0.324. The molecule has 1 heterocycles. The van der Waals surface area contributed by atoms with E-state index in [0.717, 1.165) is 18.5 Å².